The molecule has 152 valence electrons. The lowest BCUT2D eigenvalue weighted by Crippen LogP contribution is -2.36. The molecule has 1 saturated heterocycles. The molecule has 0 unspecified atom stereocenters. The molecule has 0 aliphatic carbocycles. The fourth-order valence-corrected chi connectivity index (χ4v) is 4.76. The number of likely N-dealkylation sites (tertiary alicyclic amines) is 1. The van der Waals surface area contributed by atoms with Crippen LogP contribution in [0.3, 0.4) is 0 Å². The van der Waals surface area contributed by atoms with E-state index in [4.69, 9.17) is 4.42 Å². The summed E-state index contributed by atoms with van der Waals surface area (Å²) < 4.78 is 5.65. The van der Waals surface area contributed by atoms with Gasteiger partial charge in [0.25, 0.3) is 5.91 Å². The molecule has 1 aromatic heterocycles. The van der Waals surface area contributed by atoms with E-state index in [9.17, 15) is 10.1 Å². The number of benzene rings is 2. The van der Waals surface area contributed by atoms with E-state index in [-0.39, 0.29) is 11.9 Å². The molecule has 5 nitrogen and oxygen atoms in total. The molecule has 1 aliphatic heterocycles. The maximum Gasteiger partial charge on any atom is 0.252 e. The number of rotatable bonds is 7. The lowest BCUT2D eigenvalue weighted by Gasteiger charge is -2.26. The van der Waals surface area contributed by atoms with Gasteiger partial charge in [0.15, 0.2) is 0 Å². The monoisotopic (exact) mass is 417 g/mol. The van der Waals surface area contributed by atoms with Gasteiger partial charge in [-0.2, -0.15) is 5.26 Å². The fraction of sp³-hybridized carbons (Fsp3) is 0.250. The molecule has 0 bridgehead atoms. The van der Waals surface area contributed by atoms with Crippen molar-refractivity contribution in [2.24, 2.45) is 0 Å². The topological polar surface area (TPSA) is 69.3 Å². The van der Waals surface area contributed by atoms with E-state index in [0.29, 0.717) is 17.7 Å². The maximum atomic E-state index is 13.1. The highest BCUT2D eigenvalue weighted by molar-refractivity contribution is 7.99. The smallest absolute Gasteiger partial charge is 0.252 e. The average Bonchev–Trinajstić information content (AvgIpc) is 3.50. The first-order chi connectivity index (χ1) is 14.8. The first-order valence-electron chi connectivity index (χ1n) is 10.1. The van der Waals surface area contributed by atoms with Crippen LogP contribution in [0.5, 0.6) is 0 Å². The van der Waals surface area contributed by atoms with E-state index in [1.807, 2.05) is 54.6 Å². The Morgan fingerprint density at radius 2 is 1.80 bits per heavy atom. The minimum absolute atomic E-state index is 0.0329. The third-order valence-electron chi connectivity index (χ3n) is 5.27. The number of hydrogen-bond acceptors (Lipinski definition) is 5. The first kappa shape index (κ1) is 20.3. The summed E-state index contributed by atoms with van der Waals surface area (Å²) in [5.74, 6) is 0.756. The highest BCUT2D eigenvalue weighted by atomic mass is 32.2. The number of furan rings is 1. The van der Waals surface area contributed by atoms with Gasteiger partial charge in [0.05, 0.1) is 23.4 Å². The third kappa shape index (κ3) is 4.59. The molecule has 3 aromatic rings. The molecule has 30 heavy (non-hydrogen) atoms. The average molecular weight is 418 g/mol. The van der Waals surface area contributed by atoms with Crippen molar-refractivity contribution in [3.8, 4) is 6.07 Å². The normalized spacial score (nSPS) is 14.9. The second-order valence-corrected chi connectivity index (χ2v) is 8.27. The van der Waals surface area contributed by atoms with Crippen LogP contribution in [0.1, 0.15) is 40.6 Å². The van der Waals surface area contributed by atoms with Gasteiger partial charge in [-0.25, -0.2) is 0 Å². The molecular formula is C24H23N3O2S. The van der Waals surface area contributed by atoms with Gasteiger partial charge in [-0.1, -0.05) is 36.0 Å². The number of nitrogens with zero attached hydrogens (tertiary/aromatic N) is 2. The van der Waals surface area contributed by atoms with Crippen LogP contribution in [0.4, 0.5) is 0 Å². The summed E-state index contributed by atoms with van der Waals surface area (Å²) in [6.45, 7) is 2.51. The Labute approximate surface area is 180 Å². The third-order valence-corrected chi connectivity index (χ3v) is 6.42. The van der Waals surface area contributed by atoms with Crippen LogP contribution in [0.2, 0.25) is 0 Å². The van der Waals surface area contributed by atoms with Gasteiger partial charge in [0.2, 0.25) is 0 Å². The molecule has 0 saturated carbocycles. The molecule has 2 heterocycles. The minimum Gasteiger partial charge on any atom is -0.468 e. The number of carbonyl (C=O) groups is 1. The van der Waals surface area contributed by atoms with Crippen LogP contribution in [0.15, 0.2) is 81.1 Å². The van der Waals surface area contributed by atoms with Gasteiger partial charge in [0, 0.05) is 16.3 Å². The molecule has 4 rings (SSSR count). The minimum atomic E-state index is -0.122. The van der Waals surface area contributed by atoms with Crippen molar-refractivity contribution in [2.75, 3.05) is 19.6 Å². The molecule has 1 aliphatic rings. The summed E-state index contributed by atoms with van der Waals surface area (Å²) in [6, 6.07) is 21.0. The van der Waals surface area contributed by atoms with Crippen molar-refractivity contribution in [3.05, 3.63) is 83.8 Å². The molecular weight excluding hydrogens is 394 g/mol. The molecule has 1 N–H and O–H groups in total. The Morgan fingerprint density at radius 1 is 1.07 bits per heavy atom. The molecule has 1 fully saturated rings. The quantitative estimate of drug-likeness (QED) is 0.594. The van der Waals surface area contributed by atoms with Gasteiger partial charge < -0.3 is 9.73 Å². The largest absolute Gasteiger partial charge is 0.468 e. The van der Waals surface area contributed by atoms with E-state index in [1.54, 1.807) is 12.3 Å². The van der Waals surface area contributed by atoms with Crippen molar-refractivity contribution >= 4 is 17.7 Å². The number of nitrogens with one attached hydrogen (secondary N) is 1. The predicted octanol–water partition coefficient (Wildman–Crippen LogP) is 4.87. The zero-order chi connectivity index (χ0) is 20.8. The summed E-state index contributed by atoms with van der Waals surface area (Å²) in [5, 5.41) is 12.5. The zero-order valence-corrected chi connectivity index (χ0v) is 17.4. The van der Waals surface area contributed by atoms with Gasteiger partial charge in [-0.3, -0.25) is 9.69 Å². The van der Waals surface area contributed by atoms with Gasteiger partial charge in [-0.15, -0.1) is 0 Å². The van der Waals surface area contributed by atoms with Crippen LogP contribution < -0.4 is 5.32 Å². The predicted molar refractivity (Wildman–Crippen MR) is 116 cm³/mol. The Balaban J connectivity index is 1.50. The van der Waals surface area contributed by atoms with Crippen molar-refractivity contribution in [3.63, 3.8) is 0 Å². The second kappa shape index (κ2) is 9.66. The van der Waals surface area contributed by atoms with Crippen LogP contribution >= 0.6 is 11.8 Å². The van der Waals surface area contributed by atoms with E-state index in [2.05, 4.69) is 16.3 Å². The van der Waals surface area contributed by atoms with Crippen molar-refractivity contribution < 1.29 is 9.21 Å². The van der Waals surface area contributed by atoms with E-state index >= 15 is 0 Å². The van der Waals surface area contributed by atoms with Crippen LogP contribution in [-0.4, -0.2) is 30.4 Å². The SMILES string of the molecule is N#Cc1ccccc1Sc1ccccc1C(=O)NC[C@H](c1ccco1)N1CCCC1. The summed E-state index contributed by atoms with van der Waals surface area (Å²) in [4.78, 5) is 17.1. The number of carbonyl (C=O) groups excluding carboxylic acids is 1. The highest BCUT2D eigenvalue weighted by Gasteiger charge is 2.26. The first-order valence-corrected chi connectivity index (χ1v) is 10.9. The van der Waals surface area contributed by atoms with E-state index in [0.717, 1.165) is 28.6 Å². The standard InChI is InChI=1S/C24H23N3O2S/c25-16-18-8-1-3-11-22(18)30-23-12-4-2-9-19(23)24(28)26-17-20(21-10-7-15-29-21)27-13-5-6-14-27/h1-4,7-12,15,20H,5-6,13-14,17H2,(H,26,28)/t20-/m1/s1. The lowest BCUT2D eigenvalue weighted by molar-refractivity contribution is 0.0931. The van der Waals surface area contributed by atoms with Crippen LogP contribution in [0.25, 0.3) is 0 Å². The molecule has 0 spiro atoms. The van der Waals surface area contributed by atoms with Crippen molar-refractivity contribution in [1.29, 1.82) is 5.26 Å². The second-order valence-electron chi connectivity index (χ2n) is 7.19. The Hall–Kier alpha value is -3.01. The lowest BCUT2D eigenvalue weighted by atomic mass is 10.1. The number of nitriles is 1. The van der Waals surface area contributed by atoms with Crippen LogP contribution in [-0.2, 0) is 0 Å². The maximum absolute atomic E-state index is 13.1. The molecule has 0 radical (unpaired) electrons. The summed E-state index contributed by atoms with van der Waals surface area (Å²) in [6.07, 6.45) is 4.02. The fourth-order valence-electron chi connectivity index (χ4n) is 3.74. The Morgan fingerprint density at radius 3 is 2.53 bits per heavy atom. The Kier molecular flexibility index (Phi) is 6.53. The highest BCUT2D eigenvalue weighted by Crippen LogP contribution is 2.33. The molecule has 1 amide bonds. The summed E-state index contributed by atoms with van der Waals surface area (Å²) in [5.41, 5.74) is 1.21. The van der Waals surface area contributed by atoms with Gasteiger partial charge in [0.1, 0.15) is 11.8 Å². The van der Waals surface area contributed by atoms with Crippen LogP contribution in [0, 0.1) is 11.3 Å². The van der Waals surface area contributed by atoms with E-state index < -0.39 is 0 Å². The van der Waals surface area contributed by atoms with Crippen molar-refractivity contribution in [2.45, 2.75) is 28.7 Å². The Bertz CT molecular complexity index is 1040. The van der Waals surface area contributed by atoms with Gasteiger partial charge in [-0.05, 0) is 62.3 Å². The summed E-state index contributed by atoms with van der Waals surface area (Å²) in [7, 11) is 0. The molecule has 2 aromatic carbocycles. The molecule has 1 atom stereocenters. The number of amides is 1. The van der Waals surface area contributed by atoms with Gasteiger partial charge >= 0.3 is 0 Å². The van der Waals surface area contributed by atoms with E-state index in [1.165, 1.54) is 24.6 Å². The molecule has 6 heteroatoms. The van der Waals surface area contributed by atoms with Crippen molar-refractivity contribution in [1.82, 2.24) is 10.2 Å². The zero-order valence-electron chi connectivity index (χ0n) is 16.6. The number of hydrogen-bond donors (Lipinski definition) is 1. The summed E-state index contributed by atoms with van der Waals surface area (Å²) >= 11 is 1.44.